The van der Waals surface area contributed by atoms with Crippen LogP contribution in [-0.4, -0.2) is 55.1 Å². The molecule has 2 heterocycles. The zero-order valence-electron chi connectivity index (χ0n) is 10.9. The predicted octanol–water partition coefficient (Wildman–Crippen LogP) is -0.600. The molecule has 0 spiro atoms. The van der Waals surface area contributed by atoms with Gasteiger partial charge in [-0.15, -0.1) is 0 Å². The van der Waals surface area contributed by atoms with Gasteiger partial charge in [0, 0.05) is 51.2 Å². The number of aromatic nitrogens is 1. The molecule has 0 unspecified atom stereocenters. The largest absolute Gasteiger partial charge is 0.367 e. The third-order valence-electron chi connectivity index (χ3n) is 3.21. The molecule has 0 aromatic carbocycles. The van der Waals surface area contributed by atoms with Gasteiger partial charge in [0.1, 0.15) is 5.56 Å². The molecule has 0 atom stereocenters. The fourth-order valence-electron chi connectivity index (χ4n) is 2.13. The fourth-order valence-corrected chi connectivity index (χ4v) is 2.13. The minimum Gasteiger partial charge on any atom is -0.367 e. The van der Waals surface area contributed by atoms with E-state index in [-0.39, 0.29) is 16.9 Å². The number of piperazine rings is 1. The fraction of sp³-hybridized carbons (Fsp3) is 0.538. The number of rotatable bonds is 5. The molecule has 1 saturated heterocycles. The number of hydrogen-bond donors (Lipinski definition) is 3. The van der Waals surface area contributed by atoms with E-state index in [0.717, 1.165) is 39.1 Å². The summed E-state index contributed by atoms with van der Waals surface area (Å²) in [4.78, 5) is 28.3. The summed E-state index contributed by atoms with van der Waals surface area (Å²) >= 11 is 0. The molecule has 1 fully saturated rings. The second-order valence-corrected chi connectivity index (χ2v) is 4.62. The molecule has 1 aliphatic heterocycles. The van der Waals surface area contributed by atoms with Gasteiger partial charge in [-0.1, -0.05) is 0 Å². The van der Waals surface area contributed by atoms with Crippen LogP contribution in [-0.2, 0) is 0 Å². The lowest BCUT2D eigenvalue weighted by molar-refractivity contribution is 0.0950. The molecular weight excluding hydrogens is 244 g/mol. The van der Waals surface area contributed by atoms with Crippen molar-refractivity contribution in [2.45, 2.75) is 6.42 Å². The van der Waals surface area contributed by atoms with E-state index in [1.165, 1.54) is 18.5 Å². The Hall–Kier alpha value is -1.66. The van der Waals surface area contributed by atoms with E-state index in [1.54, 1.807) is 0 Å². The highest BCUT2D eigenvalue weighted by molar-refractivity contribution is 5.93. The van der Waals surface area contributed by atoms with Crippen molar-refractivity contribution in [3.63, 3.8) is 0 Å². The smallest absolute Gasteiger partial charge is 0.256 e. The maximum absolute atomic E-state index is 11.8. The lowest BCUT2D eigenvalue weighted by Crippen LogP contribution is -2.44. The van der Waals surface area contributed by atoms with Crippen LogP contribution in [0.2, 0.25) is 0 Å². The van der Waals surface area contributed by atoms with Crippen LogP contribution < -0.4 is 16.1 Å². The Morgan fingerprint density at radius 2 is 2.16 bits per heavy atom. The van der Waals surface area contributed by atoms with Gasteiger partial charge in [-0.25, -0.2) is 0 Å². The molecule has 0 radical (unpaired) electrons. The first-order valence-electron chi connectivity index (χ1n) is 6.66. The van der Waals surface area contributed by atoms with Crippen molar-refractivity contribution < 1.29 is 4.79 Å². The van der Waals surface area contributed by atoms with Gasteiger partial charge < -0.3 is 20.5 Å². The van der Waals surface area contributed by atoms with Crippen molar-refractivity contribution >= 4 is 5.91 Å². The second kappa shape index (κ2) is 7.06. The van der Waals surface area contributed by atoms with Gasteiger partial charge in [-0.05, 0) is 13.0 Å². The van der Waals surface area contributed by atoms with Gasteiger partial charge in [0.25, 0.3) is 5.91 Å². The Labute approximate surface area is 112 Å². The van der Waals surface area contributed by atoms with E-state index in [2.05, 4.69) is 20.5 Å². The maximum atomic E-state index is 11.8. The second-order valence-electron chi connectivity index (χ2n) is 4.62. The van der Waals surface area contributed by atoms with Crippen LogP contribution in [0.4, 0.5) is 0 Å². The van der Waals surface area contributed by atoms with Crippen molar-refractivity contribution in [3.8, 4) is 0 Å². The highest BCUT2D eigenvalue weighted by Gasteiger charge is 2.10. The summed E-state index contributed by atoms with van der Waals surface area (Å²) in [7, 11) is 0. The van der Waals surface area contributed by atoms with Crippen molar-refractivity contribution in [2.24, 2.45) is 0 Å². The molecule has 6 nitrogen and oxygen atoms in total. The van der Waals surface area contributed by atoms with Gasteiger partial charge in [0.15, 0.2) is 5.43 Å². The van der Waals surface area contributed by atoms with E-state index in [1.807, 2.05) is 0 Å². The first kappa shape index (κ1) is 13.8. The summed E-state index contributed by atoms with van der Waals surface area (Å²) in [5, 5.41) is 6.08. The third-order valence-corrected chi connectivity index (χ3v) is 3.21. The SMILES string of the molecule is O=C(NCCCN1CCNCC1)c1c[nH]ccc1=O. The van der Waals surface area contributed by atoms with E-state index < -0.39 is 0 Å². The summed E-state index contributed by atoms with van der Waals surface area (Å²) in [6, 6.07) is 1.36. The molecule has 104 valence electrons. The van der Waals surface area contributed by atoms with Crippen molar-refractivity contribution in [1.82, 2.24) is 20.5 Å². The van der Waals surface area contributed by atoms with Crippen LogP contribution in [0.3, 0.4) is 0 Å². The highest BCUT2D eigenvalue weighted by atomic mass is 16.2. The molecule has 1 aromatic heterocycles. The van der Waals surface area contributed by atoms with Crippen LogP contribution in [0, 0.1) is 0 Å². The van der Waals surface area contributed by atoms with E-state index >= 15 is 0 Å². The Morgan fingerprint density at radius 3 is 2.89 bits per heavy atom. The topological polar surface area (TPSA) is 77.2 Å². The Bertz CT molecular complexity index is 466. The third kappa shape index (κ3) is 4.18. The number of nitrogens with one attached hydrogen (secondary N) is 3. The summed E-state index contributed by atoms with van der Waals surface area (Å²) < 4.78 is 0. The normalized spacial score (nSPS) is 16.2. The summed E-state index contributed by atoms with van der Waals surface area (Å²) in [5.74, 6) is -0.304. The molecule has 1 aromatic rings. The lowest BCUT2D eigenvalue weighted by Gasteiger charge is -2.27. The molecule has 0 bridgehead atoms. The average molecular weight is 264 g/mol. The molecule has 0 aliphatic carbocycles. The number of pyridine rings is 1. The van der Waals surface area contributed by atoms with Crippen molar-refractivity contribution in [1.29, 1.82) is 0 Å². The van der Waals surface area contributed by atoms with Crippen molar-refractivity contribution in [3.05, 3.63) is 34.2 Å². The number of carbonyl (C=O) groups excluding carboxylic acids is 1. The molecule has 6 heteroatoms. The van der Waals surface area contributed by atoms with Crippen LogP contribution >= 0.6 is 0 Å². The summed E-state index contributed by atoms with van der Waals surface area (Å²) in [6.07, 6.45) is 3.86. The van der Waals surface area contributed by atoms with Crippen molar-refractivity contribution in [2.75, 3.05) is 39.3 Å². The van der Waals surface area contributed by atoms with Crippen LogP contribution in [0.1, 0.15) is 16.8 Å². The van der Waals surface area contributed by atoms with Gasteiger partial charge in [0.2, 0.25) is 0 Å². The Balaban J connectivity index is 1.69. The summed E-state index contributed by atoms with van der Waals surface area (Å²) in [5.41, 5.74) is -0.0805. The predicted molar refractivity (Wildman–Crippen MR) is 73.3 cm³/mol. The van der Waals surface area contributed by atoms with Gasteiger partial charge in [-0.2, -0.15) is 0 Å². The van der Waals surface area contributed by atoms with E-state index in [4.69, 9.17) is 0 Å². The van der Waals surface area contributed by atoms with Gasteiger partial charge in [-0.3, -0.25) is 9.59 Å². The Kier molecular flexibility index (Phi) is 5.11. The number of nitrogens with zero attached hydrogens (tertiary/aromatic N) is 1. The zero-order valence-corrected chi connectivity index (χ0v) is 10.9. The summed E-state index contributed by atoms with van der Waals surface area (Å²) in [6.45, 7) is 5.76. The number of hydrogen-bond acceptors (Lipinski definition) is 4. The lowest BCUT2D eigenvalue weighted by atomic mass is 10.2. The molecule has 19 heavy (non-hydrogen) atoms. The molecule has 2 rings (SSSR count). The molecule has 0 saturated carbocycles. The highest BCUT2D eigenvalue weighted by Crippen LogP contribution is 1.94. The monoisotopic (exact) mass is 264 g/mol. The molecule has 3 N–H and O–H groups in total. The van der Waals surface area contributed by atoms with E-state index in [9.17, 15) is 9.59 Å². The molecule has 1 aliphatic rings. The maximum Gasteiger partial charge on any atom is 0.256 e. The number of amides is 1. The quantitative estimate of drug-likeness (QED) is 0.621. The minimum absolute atomic E-state index is 0.171. The number of H-pyrrole nitrogens is 1. The van der Waals surface area contributed by atoms with Gasteiger partial charge in [0.05, 0.1) is 0 Å². The standard InChI is InChI=1S/C13H20N4O2/c18-12-2-4-15-10-11(12)13(19)16-3-1-7-17-8-5-14-6-9-17/h2,4,10,14H,1,3,5-9H2,(H,15,18)(H,16,19). The number of aromatic amines is 1. The Morgan fingerprint density at radius 1 is 1.37 bits per heavy atom. The van der Waals surface area contributed by atoms with E-state index in [0.29, 0.717) is 6.54 Å². The first-order valence-corrected chi connectivity index (χ1v) is 6.66. The van der Waals surface area contributed by atoms with Crippen LogP contribution in [0.5, 0.6) is 0 Å². The zero-order chi connectivity index (χ0) is 13.5. The van der Waals surface area contributed by atoms with Gasteiger partial charge >= 0.3 is 0 Å². The first-order chi connectivity index (χ1) is 9.27. The average Bonchev–Trinajstić information content (AvgIpc) is 2.45. The molecular formula is C13H20N4O2. The number of carbonyl (C=O) groups is 1. The minimum atomic E-state index is -0.304. The molecule has 1 amide bonds. The van der Waals surface area contributed by atoms with Crippen LogP contribution in [0.15, 0.2) is 23.3 Å². The van der Waals surface area contributed by atoms with Crippen LogP contribution in [0.25, 0.3) is 0 Å².